The topological polar surface area (TPSA) is 94.4 Å². The molecule has 1 unspecified atom stereocenters. The smallest absolute Gasteiger partial charge is 0.0915 e. The molecule has 0 saturated carbocycles. The molecule has 0 aliphatic carbocycles. The lowest BCUT2D eigenvalue weighted by Crippen LogP contribution is -2.14. The molecule has 2 rings (SSSR count). The average Bonchev–Trinajstić information content (AvgIpc) is 2.72. The number of nitrogens with two attached hydrogens (primary N) is 2. The molecule has 0 radical (unpaired) electrons. The summed E-state index contributed by atoms with van der Waals surface area (Å²) in [5.41, 5.74) is 14.5. The molecule has 1 atom stereocenters. The summed E-state index contributed by atoms with van der Waals surface area (Å²) >= 11 is 12.5. The zero-order valence-electron chi connectivity index (χ0n) is 16.0. The molecule has 0 aliphatic heterocycles. The van der Waals surface area contributed by atoms with Gasteiger partial charge in [-0.2, -0.15) is 0 Å². The fourth-order valence-corrected chi connectivity index (χ4v) is 3.62. The van der Waals surface area contributed by atoms with Gasteiger partial charge in [0.25, 0.3) is 0 Å². The normalized spacial score (nSPS) is 12.3. The van der Waals surface area contributed by atoms with E-state index in [4.69, 9.17) is 39.4 Å². The van der Waals surface area contributed by atoms with E-state index in [-0.39, 0.29) is 6.54 Å². The van der Waals surface area contributed by atoms with Gasteiger partial charge in [-0.1, -0.05) is 42.1 Å². The van der Waals surface area contributed by atoms with Crippen LogP contribution in [0.15, 0.2) is 30.5 Å². The first kappa shape index (κ1) is 22.9. The molecule has 2 aromatic rings. The zero-order valence-corrected chi connectivity index (χ0v) is 17.6. The number of halogens is 2. The molecule has 154 valence electrons. The molecule has 7 heteroatoms. The Labute approximate surface area is 177 Å². The van der Waals surface area contributed by atoms with E-state index in [0.29, 0.717) is 27.9 Å². The van der Waals surface area contributed by atoms with Crippen LogP contribution in [0, 0.1) is 0 Å². The molecule has 0 amide bonds. The molecule has 1 aromatic carbocycles. The van der Waals surface area contributed by atoms with Gasteiger partial charge in [0.2, 0.25) is 0 Å². The van der Waals surface area contributed by atoms with E-state index < -0.39 is 6.10 Å². The Kier molecular flexibility index (Phi) is 10.0. The number of aromatic nitrogens is 1. The van der Waals surface area contributed by atoms with Gasteiger partial charge in [0, 0.05) is 31.5 Å². The number of pyridine rings is 1. The predicted octanol–water partition coefficient (Wildman–Crippen LogP) is 4.32. The number of aliphatic hydroxyl groups is 1. The van der Waals surface area contributed by atoms with Crippen molar-refractivity contribution in [1.82, 2.24) is 4.98 Å². The van der Waals surface area contributed by atoms with E-state index in [1.165, 1.54) is 0 Å². The van der Waals surface area contributed by atoms with Crippen molar-refractivity contribution in [3.05, 3.63) is 57.3 Å². The average molecular weight is 426 g/mol. The lowest BCUT2D eigenvalue weighted by Gasteiger charge is -2.18. The van der Waals surface area contributed by atoms with E-state index in [1.807, 2.05) is 18.2 Å². The van der Waals surface area contributed by atoms with Gasteiger partial charge in [0.1, 0.15) is 0 Å². The standard InChI is InChI=1S/C21H29Cl2N3O2/c22-18-13-17(19(27)14-24)16(20(23)21(18)25)8-3-1-2-6-11-28-12-9-15-7-4-5-10-26-15/h4-5,7,10,13,19,27H,1-3,6,8-9,11-12,14,24-25H2. The summed E-state index contributed by atoms with van der Waals surface area (Å²) in [7, 11) is 0. The lowest BCUT2D eigenvalue weighted by atomic mass is 9.96. The lowest BCUT2D eigenvalue weighted by molar-refractivity contribution is 0.132. The van der Waals surface area contributed by atoms with Crippen molar-refractivity contribution in [2.45, 2.75) is 44.6 Å². The Balaban J connectivity index is 1.68. The third-order valence-electron chi connectivity index (χ3n) is 4.67. The monoisotopic (exact) mass is 425 g/mol. The summed E-state index contributed by atoms with van der Waals surface area (Å²) in [4.78, 5) is 4.28. The van der Waals surface area contributed by atoms with Gasteiger partial charge in [-0.3, -0.25) is 4.98 Å². The number of nitrogens with zero attached hydrogens (tertiary/aromatic N) is 1. The van der Waals surface area contributed by atoms with E-state index in [9.17, 15) is 5.11 Å². The molecule has 28 heavy (non-hydrogen) atoms. The van der Waals surface area contributed by atoms with Gasteiger partial charge >= 0.3 is 0 Å². The highest BCUT2D eigenvalue weighted by molar-refractivity contribution is 6.39. The van der Waals surface area contributed by atoms with Crippen LogP contribution >= 0.6 is 23.2 Å². The maximum Gasteiger partial charge on any atom is 0.0915 e. The van der Waals surface area contributed by atoms with Crippen LogP contribution in [0.3, 0.4) is 0 Å². The van der Waals surface area contributed by atoms with Crippen LogP contribution in [0.25, 0.3) is 0 Å². The Morgan fingerprint density at radius 3 is 2.57 bits per heavy atom. The molecule has 0 bridgehead atoms. The van der Waals surface area contributed by atoms with Gasteiger partial charge in [0.15, 0.2) is 0 Å². The van der Waals surface area contributed by atoms with Gasteiger partial charge in [-0.05, 0) is 48.6 Å². The molecule has 1 aromatic heterocycles. The number of rotatable bonds is 12. The van der Waals surface area contributed by atoms with Crippen molar-refractivity contribution in [2.24, 2.45) is 5.73 Å². The number of ether oxygens (including phenoxy) is 1. The summed E-state index contributed by atoms with van der Waals surface area (Å²) in [6, 6.07) is 7.58. The SMILES string of the molecule is NCC(O)c1cc(Cl)c(N)c(Cl)c1CCCCCCOCCc1ccccn1. The van der Waals surface area contributed by atoms with Crippen LogP contribution in [-0.4, -0.2) is 29.8 Å². The Hall–Kier alpha value is -1.37. The molecule has 0 aliphatic rings. The minimum absolute atomic E-state index is 0.111. The zero-order chi connectivity index (χ0) is 20.4. The number of hydrogen-bond donors (Lipinski definition) is 3. The largest absolute Gasteiger partial charge is 0.396 e. The molecule has 5 nitrogen and oxygen atoms in total. The van der Waals surface area contributed by atoms with Crippen molar-refractivity contribution in [3.8, 4) is 0 Å². The summed E-state index contributed by atoms with van der Waals surface area (Å²) in [5.74, 6) is 0. The quantitative estimate of drug-likeness (QED) is 0.347. The predicted molar refractivity (Wildman–Crippen MR) is 116 cm³/mol. The second kappa shape index (κ2) is 12.2. The van der Waals surface area contributed by atoms with E-state index in [1.54, 1.807) is 12.3 Å². The summed E-state index contributed by atoms with van der Waals surface area (Å²) < 4.78 is 5.68. The summed E-state index contributed by atoms with van der Waals surface area (Å²) in [5, 5.41) is 10.9. The van der Waals surface area contributed by atoms with E-state index >= 15 is 0 Å². The molecule has 0 fully saturated rings. The molecule has 5 N–H and O–H groups in total. The number of hydrogen-bond acceptors (Lipinski definition) is 5. The van der Waals surface area contributed by atoms with Crippen LogP contribution in [0.4, 0.5) is 5.69 Å². The molecular formula is C21H29Cl2N3O2. The highest BCUT2D eigenvalue weighted by Crippen LogP contribution is 2.36. The number of unbranched alkanes of at least 4 members (excludes halogenated alkanes) is 3. The van der Waals surface area contributed by atoms with Gasteiger partial charge in [-0.15, -0.1) is 0 Å². The first-order valence-electron chi connectivity index (χ1n) is 9.66. The van der Waals surface area contributed by atoms with Crippen LogP contribution in [0.2, 0.25) is 10.0 Å². The van der Waals surface area contributed by atoms with Gasteiger partial charge in [0.05, 0.1) is 28.4 Å². The van der Waals surface area contributed by atoms with Crippen LogP contribution in [0.5, 0.6) is 0 Å². The second-order valence-electron chi connectivity index (χ2n) is 6.75. The number of anilines is 1. The molecule has 0 saturated heterocycles. The van der Waals surface area contributed by atoms with E-state index in [0.717, 1.165) is 56.4 Å². The Bertz CT molecular complexity index is 729. The van der Waals surface area contributed by atoms with Gasteiger partial charge < -0.3 is 21.3 Å². The third-order valence-corrected chi connectivity index (χ3v) is 5.41. The van der Waals surface area contributed by atoms with Crippen molar-refractivity contribution in [2.75, 3.05) is 25.5 Å². The highest BCUT2D eigenvalue weighted by atomic mass is 35.5. The summed E-state index contributed by atoms with van der Waals surface area (Å²) in [6.45, 7) is 1.55. The molecule has 0 spiro atoms. The maximum absolute atomic E-state index is 10.2. The number of aliphatic hydroxyl groups excluding tert-OH is 1. The third kappa shape index (κ3) is 6.90. The van der Waals surface area contributed by atoms with Crippen LogP contribution in [-0.2, 0) is 17.6 Å². The van der Waals surface area contributed by atoms with Crippen LogP contribution < -0.4 is 11.5 Å². The van der Waals surface area contributed by atoms with Crippen LogP contribution in [0.1, 0.15) is 48.6 Å². The van der Waals surface area contributed by atoms with Crippen molar-refractivity contribution < 1.29 is 9.84 Å². The van der Waals surface area contributed by atoms with Crippen molar-refractivity contribution >= 4 is 28.9 Å². The first-order chi connectivity index (χ1) is 13.5. The minimum Gasteiger partial charge on any atom is -0.396 e. The van der Waals surface area contributed by atoms with Gasteiger partial charge in [-0.25, -0.2) is 0 Å². The number of nitrogen functional groups attached to an aromatic ring is 1. The fraction of sp³-hybridized carbons (Fsp3) is 0.476. The Morgan fingerprint density at radius 2 is 1.86 bits per heavy atom. The van der Waals surface area contributed by atoms with E-state index in [2.05, 4.69) is 4.98 Å². The summed E-state index contributed by atoms with van der Waals surface area (Å²) in [6.07, 6.45) is 6.64. The van der Waals surface area contributed by atoms with Crippen molar-refractivity contribution in [3.63, 3.8) is 0 Å². The first-order valence-corrected chi connectivity index (χ1v) is 10.4. The molecule has 1 heterocycles. The number of benzene rings is 1. The maximum atomic E-state index is 10.2. The fourth-order valence-electron chi connectivity index (χ4n) is 3.06. The minimum atomic E-state index is -0.793. The second-order valence-corrected chi connectivity index (χ2v) is 7.54. The molecular weight excluding hydrogens is 397 g/mol. The Morgan fingerprint density at radius 1 is 1.07 bits per heavy atom. The highest BCUT2D eigenvalue weighted by Gasteiger charge is 2.18. The van der Waals surface area contributed by atoms with Crippen molar-refractivity contribution in [1.29, 1.82) is 0 Å².